The van der Waals surface area contributed by atoms with E-state index in [-0.39, 0.29) is 5.91 Å². The number of piperidine rings is 1. The smallest absolute Gasteiger partial charge is 0.236 e. The van der Waals surface area contributed by atoms with Crippen LogP contribution in [0.2, 0.25) is 0 Å². The molecule has 0 unspecified atom stereocenters. The molecule has 7 heteroatoms. The van der Waals surface area contributed by atoms with Crippen LogP contribution in [0.5, 0.6) is 0 Å². The van der Waals surface area contributed by atoms with E-state index in [1.54, 1.807) is 17.6 Å². The van der Waals surface area contributed by atoms with Gasteiger partial charge in [0.2, 0.25) is 5.91 Å². The molecule has 0 N–H and O–H groups in total. The van der Waals surface area contributed by atoms with Gasteiger partial charge >= 0.3 is 0 Å². The Morgan fingerprint density at radius 2 is 2.29 bits per heavy atom. The summed E-state index contributed by atoms with van der Waals surface area (Å²) in [6.45, 7) is 4.60. The third-order valence-electron chi connectivity index (χ3n) is 4.57. The van der Waals surface area contributed by atoms with Gasteiger partial charge in [-0.1, -0.05) is 6.42 Å². The third kappa shape index (κ3) is 4.23. The van der Waals surface area contributed by atoms with E-state index in [2.05, 4.69) is 15.0 Å². The zero-order chi connectivity index (χ0) is 16.9. The molecular formula is C17H25N5O2. The SMILES string of the molecule is Cc1ccc(CN(C)C(=O)CN2CCCC[C@@H]2Cn2cncn2)o1. The summed E-state index contributed by atoms with van der Waals surface area (Å²) in [4.78, 5) is 20.6. The zero-order valence-corrected chi connectivity index (χ0v) is 14.4. The Morgan fingerprint density at radius 1 is 1.42 bits per heavy atom. The number of hydrogen-bond donors (Lipinski definition) is 0. The van der Waals surface area contributed by atoms with Crippen LogP contribution in [-0.2, 0) is 17.9 Å². The number of likely N-dealkylation sites (N-methyl/N-ethyl adjacent to an activating group) is 1. The number of likely N-dealkylation sites (tertiary alicyclic amines) is 1. The number of carbonyl (C=O) groups is 1. The van der Waals surface area contributed by atoms with Crippen LogP contribution in [0, 0.1) is 6.92 Å². The number of amides is 1. The van der Waals surface area contributed by atoms with Crippen molar-refractivity contribution in [1.29, 1.82) is 0 Å². The van der Waals surface area contributed by atoms with Crippen molar-refractivity contribution in [3.05, 3.63) is 36.3 Å². The van der Waals surface area contributed by atoms with E-state index < -0.39 is 0 Å². The Kier molecular flexibility index (Phi) is 5.30. The summed E-state index contributed by atoms with van der Waals surface area (Å²) < 4.78 is 7.41. The highest BCUT2D eigenvalue weighted by atomic mass is 16.3. The van der Waals surface area contributed by atoms with E-state index in [9.17, 15) is 4.79 Å². The molecule has 0 spiro atoms. The molecule has 2 aromatic rings. The van der Waals surface area contributed by atoms with Crippen molar-refractivity contribution in [3.63, 3.8) is 0 Å². The molecule has 1 atom stereocenters. The Bertz CT molecular complexity index is 652. The lowest BCUT2D eigenvalue weighted by molar-refractivity contribution is -0.133. The monoisotopic (exact) mass is 331 g/mol. The van der Waals surface area contributed by atoms with Crippen LogP contribution in [0.15, 0.2) is 29.2 Å². The van der Waals surface area contributed by atoms with Crippen molar-refractivity contribution in [2.45, 2.75) is 45.3 Å². The summed E-state index contributed by atoms with van der Waals surface area (Å²) in [6.07, 6.45) is 6.72. The molecule has 1 saturated heterocycles. The number of rotatable bonds is 6. The molecule has 0 aromatic carbocycles. The molecule has 3 heterocycles. The van der Waals surface area contributed by atoms with E-state index in [4.69, 9.17) is 4.42 Å². The normalized spacial score (nSPS) is 18.7. The van der Waals surface area contributed by atoms with Gasteiger partial charge in [-0.25, -0.2) is 4.98 Å². The Labute approximate surface area is 142 Å². The minimum Gasteiger partial charge on any atom is -0.464 e. The van der Waals surface area contributed by atoms with Crippen LogP contribution in [0.25, 0.3) is 0 Å². The quantitative estimate of drug-likeness (QED) is 0.806. The Hall–Kier alpha value is -2.15. The van der Waals surface area contributed by atoms with Gasteiger partial charge in [-0.3, -0.25) is 14.4 Å². The zero-order valence-electron chi connectivity index (χ0n) is 14.4. The number of hydrogen-bond acceptors (Lipinski definition) is 5. The second kappa shape index (κ2) is 7.61. The number of aryl methyl sites for hydroxylation is 1. The first-order valence-electron chi connectivity index (χ1n) is 8.47. The summed E-state index contributed by atoms with van der Waals surface area (Å²) in [6, 6.07) is 4.18. The minimum absolute atomic E-state index is 0.120. The van der Waals surface area contributed by atoms with Crippen molar-refractivity contribution in [2.75, 3.05) is 20.1 Å². The highest BCUT2D eigenvalue weighted by Crippen LogP contribution is 2.18. The second-order valence-corrected chi connectivity index (χ2v) is 6.50. The highest BCUT2D eigenvalue weighted by molar-refractivity contribution is 5.78. The first-order valence-corrected chi connectivity index (χ1v) is 8.47. The summed E-state index contributed by atoms with van der Waals surface area (Å²) in [7, 11) is 1.83. The molecule has 1 amide bonds. The van der Waals surface area contributed by atoms with E-state index in [0.717, 1.165) is 37.5 Å². The predicted octanol–water partition coefficient (Wildman–Crippen LogP) is 1.69. The Morgan fingerprint density at radius 3 is 3.00 bits per heavy atom. The van der Waals surface area contributed by atoms with E-state index >= 15 is 0 Å². The lowest BCUT2D eigenvalue weighted by Crippen LogP contribution is -2.47. The van der Waals surface area contributed by atoms with Crippen molar-refractivity contribution in [3.8, 4) is 0 Å². The molecule has 0 radical (unpaired) electrons. The van der Waals surface area contributed by atoms with Gasteiger partial charge in [0.15, 0.2) is 0 Å². The maximum absolute atomic E-state index is 12.6. The fraction of sp³-hybridized carbons (Fsp3) is 0.588. The fourth-order valence-electron chi connectivity index (χ4n) is 3.20. The van der Waals surface area contributed by atoms with Crippen LogP contribution >= 0.6 is 0 Å². The average Bonchev–Trinajstić information content (AvgIpc) is 3.21. The van der Waals surface area contributed by atoms with Crippen molar-refractivity contribution in [2.24, 2.45) is 0 Å². The molecule has 7 nitrogen and oxygen atoms in total. The lowest BCUT2D eigenvalue weighted by Gasteiger charge is -2.35. The van der Waals surface area contributed by atoms with Gasteiger partial charge in [-0.05, 0) is 38.4 Å². The van der Waals surface area contributed by atoms with E-state index in [1.165, 1.54) is 6.42 Å². The molecule has 0 saturated carbocycles. The first kappa shape index (κ1) is 16.7. The second-order valence-electron chi connectivity index (χ2n) is 6.50. The predicted molar refractivity (Wildman–Crippen MR) is 89.2 cm³/mol. The van der Waals surface area contributed by atoms with Crippen LogP contribution in [0.1, 0.15) is 30.8 Å². The van der Waals surface area contributed by atoms with Gasteiger partial charge in [-0.2, -0.15) is 5.10 Å². The van der Waals surface area contributed by atoms with E-state index in [0.29, 0.717) is 19.1 Å². The minimum atomic E-state index is 0.120. The molecule has 1 aliphatic heterocycles. The van der Waals surface area contributed by atoms with Gasteiger partial charge in [0, 0.05) is 13.1 Å². The molecule has 1 fully saturated rings. The van der Waals surface area contributed by atoms with Gasteiger partial charge in [0.25, 0.3) is 0 Å². The number of aromatic nitrogens is 3. The molecule has 1 aliphatic rings. The van der Waals surface area contributed by atoms with Crippen molar-refractivity contribution >= 4 is 5.91 Å². The lowest BCUT2D eigenvalue weighted by atomic mass is 10.0. The van der Waals surface area contributed by atoms with Crippen LogP contribution in [-0.4, -0.2) is 56.7 Å². The third-order valence-corrected chi connectivity index (χ3v) is 4.57. The number of carbonyl (C=O) groups excluding carboxylic acids is 1. The standard InChI is InChI=1S/C17H25N5O2/c1-14-6-7-16(24-14)10-20(2)17(23)11-21-8-4-3-5-15(21)9-22-13-18-12-19-22/h6-7,12-13,15H,3-5,8-11H2,1-2H3/t15-/m1/s1. The molecule has 24 heavy (non-hydrogen) atoms. The van der Waals surface area contributed by atoms with Crippen LogP contribution < -0.4 is 0 Å². The molecular weight excluding hydrogens is 306 g/mol. The number of nitrogens with zero attached hydrogens (tertiary/aromatic N) is 5. The first-order chi connectivity index (χ1) is 11.6. The van der Waals surface area contributed by atoms with Crippen molar-refractivity contribution < 1.29 is 9.21 Å². The fourth-order valence-corrected chi connectivity index (χ4v) is 3.20. The molecule has 0 aliphatic carbocycles. The van der Waals surface area contributed by atoms with Crippen molar-refractivity contribution in [1.82, 2.24) is 24.6 Å². The molecule has 130 valence electrons. The average molecular weight is 331 g/mol. The molecule has 0 bridgehead atoms. The largest absolute Gasteiger partial charge is 0.464 e. The Balaban J connectivity index is 1.56. The number of furan rings is 1. The maximum Gasteiger partial charge on any atom is 0.236 e. The summed E-state index contributed by atoms with van der Waals surface area (Å²) in [5.41, 5.74) is 0. The topological polar surface area (TPSA) is 67.4 Å². The molecule has 3 rings (SSSR count). The van der Waals surface area contributed by atoms with E-state index in [1.807, 2.05) is 30.8 Å². The van der Waals surface area contributed by atoms with Gasteiger partial charge in [-0.15, -0.1) is 0 Å². The summed E-state index contributed by atoms with van der Waals surface area (Å²) >= 11 is 0. The highest BCUT2D eigenvalue weighted by Gasteiger charge is 2.26. The van der Waals surface area contributed by atoms with Crippen LogP contribution in [0.3, 0.4) is 0 Å². The molecule has 2 aromatic heterocycles. The van der Waals surface area contributed by atoms with Gasteiger partial charge < -0.3 is 9.32 Å². The van der Waals surface area contributed by atoms with Crippen LogP contribution in [0.4, 0.5) is 0 Å². The van der Waals surface area contributed by atoms with Gasteiger partial charge in [0.1, 0.15) is 24.2 Å². The summed E-state index contributed by atoms with van der Waals surface area (Å²) in [5.74, 6) is 1.81. The maximum atomic E-state index is 12.6. The van der Waals surface area contributed by atoms with Gasteiger partial charge in [0.05, 0.1) is 19.6 Å². The summed E-state index contributed by atoms with van der Waals surface area (Å²) in [5, 5.41) is 4.19.